The molecule has 252 valence electrons. The van der Waals surface area contributed by atoms with Gasteiger partial charge in [-0.05, 0) is 69.4 Å². The van der Waals surface area contributed by atoms with Crippen LogP contribution in [0, 0.1) is 0 Å². The van der Waals surface area contributed by atoms with Crippen LogP contribution in [0.3, 0.4) is 0 Å². The SMILES string of the molecule is c1ccc(-c2cc(-c3ccccc3)cc(-c3cc(-c4ccccc4)nc(-n4c5ccccc5c5c6ccccc6c6c7ccccc7sc6c54)n3)c2)cc1. The molecule has 3 aromatic heterocycles. The fourth-order valence-electron chi connectivity index (χ4n) is 8.14. The van der Waals surface area contributed by atoms with Gasteiger partial charge in [0.25, 0.3) is 0 Å². The lowest BCUT2D eigenvalue weighted by Crippen LogP contribution is -2.04. The highest BCUT2D eigenvalue weighted by molar-refractivity contribution is 7.27. The standard InChI is InChI=1S/C50H31N3S/c1-4-16-32(17-5-1)35-28-36(33-18-6-2-7-19-33)30-37(29-35)43-31-42(34-20-8-3-9-21-34)51-50(52-43)53-44-26-14-12-24-40(44)46-38-22-10-11-23-39(38)47-41-25-13-15-27-45(41)54-49(47)48(46)53/h1-31H. The number of hydrogen-bond donors (Lipinski definition) is 0. The highest BCUT2D eigenvalue weighted by Gasteiger charge is 2.23. The Morgan fingerprint density at radius 2 is 0.852 bits per heavy atom. The molecule has 0 aliphatic rings. The second-order valence-electron chi connectivity index (χ2n) is 13.8. The van der Waals surface area contributed by atoms with E-state index in [1.165, 1.54) is 41.7 Å². The van der Waals surface area contributed by atoms with Gasteiger partial charge in [-0.1, -0.05) is 152 Å². The van der Waals surface area contributed by atoms with E-state index in [9.17, 15) is 0 Å². The Labute approximate surface area is 316 Å². The van der Waals surface area contributed by atoms with E-state index in [-0.39, 0.29) is 0 Å². The molecular formula is C50H31N3S. The normalized spacial score (nSPS) is 11.7. The first kappa shape index (κ1) is 30.7. The van der Waals surface area contributed by atoms with Crippen molar-refractivity contribution in [2.75, 3.05) is 0 Å². The zero-order valence-corrected chi connectivity index (χ0v) is 30.0. The molecule has 3 nitrogen and oxygen atoms in total. The molecule has 8 aromatic carbocycles. The molecule has 0 atom stereocenters. The summed E-state index contributed by atoms with van der Waals surface area (Å²) in [6, 6.07) is 67.0. The molecule has 0 N–H and O–H groups in total. The first-order valence-corrected chi connectivity index (χ1v) is 19.1. The Kier molecular flexibility index (Phi) is 7.04. The molecule has 11 aromatic rings. The number of fused-ring (bicyclic) bond motifs is 10. The van der Waals surface area contributed by atoms with Crippen molar-refractivity contribution in [1.82, 2.24) is 14.5 Å². The van der Waals surface area contributed by atoms with Crippen LogP contribution in [0.1, 0.15) is 0 Å². The van der Waals surface area contributed by atoms with Crippen molar-refractivity contribution in [2.45, 2.75) is 0 Å². The fraction of sp³-hybridized carbons (Fsp3) is 0. The van der Waals surface area contributed by atoms with Crippen LogP contribution in [0.25, 0.3) is 103 Å². The summed E-state index contributed by atoms with van der Waals surface area (Å²) in [4.78, 5) is 11.0. The number of para-hydroxylation sites is 1. The Morgan fingerprint density at radius 1 is 0.370 bits per heavy atom. The summed E-state index contributed by atoms with van der Waals surface area (Å²) in [6.07, 6.45) is 0. The van der Waals surface area contributed by atoms with Gasteiger partial charge >= 0.3 is 0 Å². The second-order valence-corrected chi connectivity index (χ2v) is 14.8. The minimum atomic E-state index is 0.651. The monoisotopic (exact) mass is 705 g/mol. The lowest BCUT2D eigenvalue weighted by atomic mass is 9.94. The van der Waals surface area contributed by atoms with Crippen LogP contribution < -0.4 is 0 Å². The summed E-state index contributed by atoms with van der Waals surface area (Å²) in [6.45, 7) is 0. The molecule has 0 radical (unpaired) electrons. The maximum absolute atomic E-state index is 5.54. The van der Waals surface area contributed by atoms with Crippen molar-refractivity contribution in [1.29, 1.82) is 0 Å². The summed E-state index contributed by atoms with van der Waals surface area (Å²) in [5.41, 5.74) is 10.7. The molecule has 4 heteroatoms. The first-order chi connectivity index (χ1) is 26.8. The molecule has 0 aliphatic heterocycles. The predicted octanol–water partition coefficient (Wildman–Crippen LogP) is 13.8. The van der Waals surface area contributed by atoms with Crippen molar-refractivity contribution in [3.63, 3.8) is 0 Å². The van der Waals surface area contributed by atoms with Gasteiger partial charge in [-0.2, -0.15) is 0 Å². The average Bonchev–Trinajstić information content (AvgIpc) is 3.82. The molecule has 11 rings (SSSR count). The molecule has 0 saturated carbocycles. The molecule has 0 saturated heterocycles. The summed E-state index contributed by atoms with van der Waals surface area (Å²) in [5.74, 6) is 0.651. The van der Waals surface area contributed by atoms with Crippen LogP contribution in [0.2, 0.25) is 0 Å². The summed E-state index contributed by atoms with van der Waals surface area (Å²) >= 11 is 1.85. The van der Waals surface area contributed by atoms with Crippen molar-refractivity contribution in [3.05, 3.63) is 188 Å². The van der Waals surface area contributed by atoms with E-state index >= 15 is 0 Å². The van der Waals surface area contributed by atoms with Crippen LogP contribution >= 0.6 is 11.3 Å². The number of benzene rings is 8. The molecule has 0 unspecified atom stereocenters. The number of hydrogen-bond acceptors (Lipinski definition) is 3. The number of aromatic nitrogens is 3. The van der Waals surface area contributed by atoms with E-state index in [4.69, 9.17) is 9.97 Å². The Morgan fingerprint density at radius 3 is 1.50 bits per heavy atom. The smallest absolute Gasteiger partial charge is 0.235 e. The van der Waals surface area contributed by atoms with Gasteiger partial charge in [0.2, 0.25) is 5.95 Å². The van der Waals surface area contributed by atoms with Crippen LogP contribution in [0.4, 0.5) is 0 Å². The van der Waals surface area contributed by atoms with E-state index in [1.54, 1.807) is 0 Å². The van der Waals surface area contributed by atoms with Crippen molar-refractivity contribution < 1.29 is 0 Å². The van der Waals surface area contributed by atoms with Crippen LogP contribution in [-0.4, -0.2) is 14.5 Å². The van der Waals surface area contributed by atoms with E-state index in [2.05, 4.69) is 193 Å². The molecule has 3 heterocycles. The van der Waals surface area contributed by atoms with E-state index < -0.39 is 0 Å². The minimum absolute atomic E-state index is 0.651. The number of thiophene rings is 1. The van der Waals surface area contributed by atoms with Gasteiger partial charge in [0.05, 0.1) is 27.1 Å². The quantitative estimate of drug-likeness (QED) is 0.178. The average molecular weight is 706 g/mol. The largest absolute Gasteiger partial charge is 0.276 e. The van der Waals surface area contributed by atoms with Gasteiger partial charge in [0.1, 0.15) is 0 Å². The first-order valence-electron chi connectivity index (χ1n) is 18.2. The number of nitrogens with zero attached hydrogens (tertiary/aromatic N) is 3. The van der Waals surface area contributed by atoms with Crippen LogP contribution in [-0.2, 0) is 0 Å². The third kappa shape index (κ3) is 4.88. The van der Waals surface area contributed by atoms with E-state index in [0.29, 0.717) is 5.95 Å². The van der Waals surface area contributed by atoms with Crippen LogP contribution in [0.15, 0.2) is 188 Å². The van der Waals surface area contributed by atoms with Gasteiger partial charge < -0.3 is 0 Å². The minimum Gasteiger partial charge on any atom is -0.276 e. The Hall–Kier alpha value is -6.88. The molecular weight excluding hydrogens is 675 g/mol. The zero-order valence-electron chi connectivity index (χ0n) is 29.1. The molecule has 0 bridgehead atoms. The number of rotatable bonds is 5. The van der Waals surface area contributed by atoms with Gasteiger partial charge in [-0.3, -0.25) is 4.57 Å². The summed E-state index contributed by atoms with van der Waals surface area (Å²) in [7, 11) is 0. The molecule has 0 aliphatic carbocycles. The highest BCUT2D eigenvalue weighted by Crippen LogP contribution is 2.47. The lowest BCUT2D eigenvalue weighted by Gasteiger charge is -2.14. The molecule has 0 spiro atoms. The van der Waals surface area contributed by atoms with Gasteiger partial charge in [0, 0.05) is 37.4 Å². The second kappa shape index (κ2) is 12.4. The van der Waals surface area contributed by atoms with Gasteiger partial charge in [-0.15, -0.1) is 11.3 Å². The molecule has 0 fully saturated rings. The molecule has 54 heavy (non-hydrogen) atoms. The maximum Gasteiger partial charge on any atom is 0.235 e. The lowest BCUT2D eigenvalue weighted by molar-refractivity contribution is 0.999. The van der Waals surface area contributed by atoms with Crippen molar-refractivity contribution in [2.24, 2.45) is 0 Å². The van der Waals surface area contributed by atoms with E-state index in [1.807, 2.05) is 11.3 Å². The topological polar surface area (TPSA) is 30.7 Å². The predicted molar refractivity (Wildman–Crippen MR) is 229 cm³/mol. The van der Waals surface area contributed by atoms with E-state index in [0.717, 1.165) is 55.8 Å². The summed E-state index contributed by atoms with van der Waals surface area (Å²) < 4.78 is 4.84. The van der Waals surface area contributed by atoms with Crippen molar-refractivity contribution in [3.8, 4) is 50.7 Å². The van der Waals surface area contributed by atoms with Gasteiger partial charge in [-0.25, -0.2) is 9.97 Å². The molecule has 0 amide bonds. The Bertz CT molecular complexity index is 3140. The summed E-state index contributed by atoms with van der Waals surface area (Å²) in [5, 5.41) is 7.49. The Balaban J connectivity index is 1.27. The third-order valence-electron chi connectivity index (χ3n) is 10.6. The maximum atomic E-state index is 5.54. The van der Waals surface area contributed by atoms with Crippen LogP contribution in [0.5, 0.6) is 0 Å². The fourth-order valence-corrected chi connectivity index (χ4v) is 9.40. The van der Waals surface area contributed by atoms with Crippen molar-refractivity contribution >= 4 is 64.1 Å². The highest BCUT2D eigenvalue weighted by atomic mass is 32.1. The van der Waals surface area contributed by atoms with Gasteiger partial charge in [0.15, 0.2) is 0 Å². The third-order valence-corrected chi connectivity index (χ3v) is 11.8. The zero-order chi connectivity index (χ0) is 35.6.